The van der Waals surface area contributed by atoms with Crippen LogP contribution in [0.4, 0.5) is 0 Å². The van der Waals surface area contributed by atoms with E-state index in [4.69, 9.17) is 14.2 Å². The second-order valence-corrected chi connectivity index (χ2v) is 3.91. The molecule has 4 heteroatoms. The second kappa shape index (κ2) is 3.87. The lowest BCUT2D eigenvalue weighted by Crippen LogP contribution is -2.40. The van der Waals surface area contributed by atoms with Gasteiger partial charge >= 0.3 is 5.97 Å². The van der Waals surface area contributed by atoms with E-state index in [0.717, 1.165) is 0 Å². The number of hydrogen-bond acceptors (Lipinski definition) is 4. The fourth-order valence-electron chi connectivity index (χ4n) is 1.93. The summed E-state index contributed by atoms with van der Waals surface area (Å²) in [5.41, 5.74) is 0. The third-order valence-corrected chi connectivity index (χ3v) is 2.94. The van der Waals surface area contributed by atoms with Gasteiger partial charge in [-0.1, -0.05) is 13.8 Å². The number of carbonyl (C=O) groups is 1. The summed E-state index contributed by atoms with van der Waals surface area (Å²) in [7, 11) is 0. The third kappa shape index (κ3) is 1.77. The van der Waals surface area contributed by atoms with Crippen molar-refractivity contribution in [2.75, 3.05) is 6.61 Å². The van der Waals surface area contributed by atoms with Gasteiger partial charge in [-0.3, -0.25) is 4.79 Å². The SMILES string of the molecule is CCC(=O)O[C@@H]1C[C@@H]2OC[C@@H](O2)[C@H]1C. The fraction of sp³-hybridized carbons (Fsp3) is 0.900. The molecule has 0 unspecified atom stereocenters. The molecular formula is C10H16O4. The average molecular weight is 200 g/mol. The van der Waals surface area contributed by atoms with Gasteiger partial charge in [-0.25, -0.2) is 0 Å². The first-order valence-electron chi connectivity index (χ1n) is 5.17. The first-order valence-corrected chi connectivity index (χ1v) is 5.17. The Morgan fingerprint density at radius 1 is 1.57 bits per heavy atom. The van der Waals surface area contributed by atoms with Crippen molar-refractivity contribution in [2.45, 2.75) is 45.2 Å². The maximum absolute atomic E-state index is 11.2. The van der Waals surface area contributed by atoms with Gasteiger partial charge in [0.1, 0.15) is 6.10 Å². The molecule has 0 aromatic heterocycles. The van der Waals surface area contributed by atoms with Crippen molar-refractivity contribution in [2.24, 2.45) is 5.92 Å². The van der Waals surface area contributed by atoms with Crippen LogP contribution in [0.25, 0.3) is 0 Å². The number of carbonyl (C=O) groups excluding carboxylic acids is 1. The standard InChI is InChI=1S/C10H16O4/c1-3-9(11)13-7-4-10-12-5-8(14-10)6(7)2/h6-8,10H,3-5H2,1-2H3/t6-,7+,8+,10+/m0/s1. The minimum atomic E-state index is -0.161. The van der Waals surface area contributed by atoms with Crippen molar-refractivity contribution in [1.29, 1.82) is 0 Å². The van der Waals surface area contributed by atoms with Crippen LogP contribution in [0.5, 0.6) is 0 Å². The molecule has 0 saturated carbocycles. The molecule has 2 fully saturated rings. The van der Waals surface area contributed by atoms with Gasteiger partial charge in [-0.2, -0.15) is 0 Å². The van der Waals surface area contributed by atoms with Crippen LogP contribution in [0, 0.1) is 5.92 Å². The molecule has 80 valence electrons. The van der Waals surface area contributed by atoms with Gasteiger partial charge in [-0.05, 0) is 0 Å². The molecule has 2 heterocycles. The van der Waals surface area contributed by atoms with Crippen LogP contribution in [-0.2, 0) is 19.0 Å². The van der Waals surface area contributed by atoms with E-state index >= 15 is 0 Å². The Hall–Kier alpha value is -0.610. The van der Waals surface area contributed by atoms with Crippen LogP contribution in [0.1, 0.15) is 26.7 Å². The second-order valence-electron chi connectivity index (χ2n) is 3.91. The quantitative estimate of drug-likeness (QED) is 0.626. The largest absolute Gasteiger partial charge is 0.462 e. The average Bonchev–Trinajstić information content (AvgIpc) is 2.58. The van der Waals surface area contributed by atoms with Crippen molar-refractivity contribution in [1.82, 2.24) is 0 Å². The first-order chi connectivity index (χ1) is 6.70. The summed E-state index contributed by atoms with van der Waals surface area (Å²) >= 11 is 0. The smallest absolute Gasteiger partial charge is 0.305 e. The number of esters is 1. The summed E-state index contributed by atoms with van der Waals surface area (Å²) in [6.07, 6.45) is 1.01. The molecule has 0 N–H and O–H groups in total. The molecule has 0 aromatic rings. The van der Waals surface area contributed by atoms with Gasteiger partial charge < -0.3 is 14.2 Å². The van der Waals surface area contributed by atoms with Crippen LogP contribution in [0.3, 0.4) is 0 Å². The molecule has 0 aromatic carbocycles. The molecule has 4 nitrogen and oxygen atoms in total. The van der Waals surface area contributed by atoms with E-state index in [9.17, 15) is 4.79 Å². The van der Waals surface area contributed by atoms with E-state index in [-0.39, 0.29) is 30.4 Å². The van der Waals surface area contributed by atoms with Crippen molar-refractivity contribution in [3.8, 4) is 0 Å². The van der Waals surface area contributed by atoms with Gasteiger partial charge in [0, 0.05) is 18.8 Å². The molecule has 2 bridgehead atoms. The third-order valence-electron chi connectivity index (χ3n) is 2.94. The highest BCUT2D eigenvalue weighted by molar-refractivity contribution is 5.69. The molecule has 2 aliphatic rings. The van der Waals surface area contributed by atoms with E-state index in [1.807, 2.05) is 6.92 Å². The van der Waals surface area contributed by atoms with Crippen LogP contribution >= 0.6 is 0 Å². The monoisotopic (exact) mass is 200 g/mol. The Kier molecular flexibility index (Phi) is 2.74. The lowest BCUT2D eigenvalue weighted by Gasteiger charge is -2.32. The topological polar surface area (TPSA) is 44.8 Å². The Morgan fingerprint density at radius 3 is 3.07 bits per heavy atom. The minimum absolute atomic E-state index is 0.0336. The number of rotatable bonds is 2. The summed E-state index contributed by atoms with van der Waals surface area (Å²) < 4.78 is 16.3. The highest BCUT2D eigenvalue weighted by Gasteiger charge is 2.43. The maximum atomic E-state index is 11.2. The van der Waals surface area contributed by atoms with Crippen molar-refractivity contribution >= 4 is 5.97 Å². The highest BCUT2D eigenvalue weighted by Crippen LogP contribution is 2.33. The minimum Gasteiger partial charge on any atom is -0.462 e. The molecule has 0 aliphatic carbocycles. The summed E-state index contributed by atoms with van der Waals surface area (Å²) in [5.74, 6) is 0.104. The molecule has 2 aliphatic heterocycles. The Bertz CT molecular complexity index is 228. The van der Waals surface area contributed by atoms with Gasteiger partial charge in [0.05, 0.1) is 12.7 Å². The summed E-state index contributed by atoms with van der Waals surface area (Å²) in [6, 6.07) is 0. The van der Waals surface area contributed by atoms with E-state index in [0.29, 0.717) is 19.4 Å². The Morgan fingerprint density at radius 2 is 2.36 bits per heavy atom. The van der Waals surface area contributed by atoms with E-state index in [2.05, 4.69) is 0 Å². The summed E-state index contributed by atoms with van der Waals surface area (Å²) in [6.45, 7) is 4.48. The summed E-state index contributed by atoms with van der Waals surface area (Å²) in [4.78, 5) is 11.2. The first kappa shape index (κ1) is 9.93. The molecule has 0 radical (unpaired) electrons. The maximum Gasteiger partial charge on any atom is 0.305 e. The van der Waals surface area contributed by atoms with E-state index in [1.165, 1.54) is 0 Å². The van der Waals surface area contributed by atoms with Crippen molar-refractivity contribution < 1.29 is 19.0 Å². The van der Waals surface area contributed by atoms with Gasteiger partial charge in [0.25, 0.3) is 0 Å². The predicted molar refractivity (Wildman–Crippen MR) is 48.6 cm³/mol. The zero-order valence-corrected chi connectivity index (χ0v) is 8.56. The van der Waals surface area contributed by atoms with Crippen LogP contribution in [0.15, 0.2) is 0 Å². The van der Waals surface area contributed by atoms with Crippen molar-refractivity contribution in [3.63, 3.8) is 0 Å². The summed E-state index contributed by atoms with van der Waals surface area (Å²) in [5, 5.41) is 0. The van der Waals surface area contributed by atoms with Crippen LogP contribution in [0.2, 0.25) is 0 Å². The predicted octanol–water partition coefficient (Wildman–Crippen LogP) is 1.09. The Balaban J connectivity index is 1.95. The number of ether oxygens (including phenoxy) is 3. The highest BCUT2D eigenvalue weighted by atomic mass is 16.7. The van der Waals surface area contributed by atoms with E-state index < -0.39 is 0 Å². The molecule has 0 amide bonds. The fourth-order valence-corrected chi connectivity index (χ4v) is 1.93. The van der Waals surface area contributed by atoms with Crippen LogP contribution in [-0.4, -0.2) is 31.1 Å². The van der Waals surface area contributed by atoms with Gasteiger partial charge in [0.15, 0.2) is 6.29 Å². The molecule has 4 atom stereocenters. The zero-order chi connectivity index (χ0) is 10.1. The number of fused-ring (bicyclic) bond motifs is 2. The zero-order valence-electron chi connectivity index (χ0n) is 8.56. The normalized spacial score (nSPS) is 41.0. The Labute approximate surface area is 83.5 Å². The van der Waals surface area contributed by atoms with Crippen LogP contribution < -0.4 is 0 Å². The lowest BCUT2D eigenvalue weighted by atomic mass is 9.94. The molecular weight excluding hydrogens is 184 g/mol. The number of hydrogen-bond donors (Lipinski definition) is 0. The molecule has 0 spiro atoms. The molecule has 14 heavy (non-hydrogen) atoms. The van der Waals surface area contributed by atoms with E-state index in [1.54, 1.807) is 6.92 Å². The van der Waals surface area contributed by atoms with Gasteiger partial charge in [0.2, 0.25) is 0 Å². The van der Waals surface area contributed by atoms with Gasteiger partial charge in [-0.15, -0.1) is 0 Å². The molecule has 2 saturated heterocycles. The molecule has 2 rings (SSSR count). The lowest BCUT2D eigenvalue weighted by molar-refractivity contribution is -0.174. The van der Waals surface area contributed by atoms with Crippen molar-refractivity contribution in [3.05, 3.63) is 0 Å².